The van der Waals surface area contributed by atoms with E-state index in [1.165, 1.54) is 24.5 Å². The quantitative estimate of drug-likeness (QED) is 0.378. The highest BCUT2D eigenvalue weighted by atomic mass is 19.4. The van der Waals surface area contributed by atoms with E-state index in [1.807, 2.05) is 4.90 Å². The predicted octanol–water partition coefficient (Wildman–Crippen LogP) is 4.70. The zero-order valence-corrected chi connectivity index (χ0v) is 22.6. The van der Waals surface area contributed by atoms with Crippen LogP contribution in [0.15, 0.2) is 60.9 Å². The second kappa shape index (κ2) is 12.8. The number of carbonyl (C=O) groups excluding carboxylic acids is 3. The summed E-state index contributed by atoms with van der Waals surface area (Å²) < 4.78 is 43.8. The molecule has 41 heavy (non-hydrogen) atoms. The van der Waals surface area contributed by atoms with E-state index in [0.29, 0.717) is 48.7 Å². The first-order valence-corrected chi connectivity index (χ1v) is 13.2. The molecule has 1 aliphatic rings. The van der Waals surface area contributed by atoms with Crippen molar-refractivity contribution < 1.29 is 32.3 Å². The van der Waals surface area contributed by atoms with Crippen molar-refractivity contribution in [1.29, 1.82) is 0 Å². The van der Waals surface area contributed by atoms with E-state index in [9.17, 15) is 27.6 Å². The number of amides is 2. The Hall–Kier alpha value is -4.48. The maximum atomic E-state index is 13.1. The molecule has 1 aromatic heterocycles. The number of ether oxygens (including phenoxy) is 1. The third-order valence-electron chi connectivity index (χ3n) is 6.74. The molecule has 0 aliphatic carbocycles. The van der Waals surface area contributed by atoms with Crippen molar-refractivity contribution in [3.8, 4) is 11.1 Å². The minimum Gasteiger partial charge on any atom is -0.464 e. The van der Waals surface area contributed by atoms with Gasteiger partial charge in [0.1, 0.15) is 6.04 Å². The number of esters is 1. The summed E-state index contributed by atoms with van der Waals surface area (Å²) in [5.74, 6) is -0.915. The number of benzene rings is 2. The molecule has 1 atom stereocenters. The normalized spacial score (nSPS) is 14.7. The van der Waals surface area contributed by atoms with Crippen LogP contribution in [0.1, 0.15) is 42.6 Å². The summed E-state index contributed by atoms with van der Waals surface area (Å²) >= 11 is 0. The average molecular weight is 570 g/mol. The van der Waals surface area contributed by atoms with Gasteiger partial charge in [-0.2, -0.15) is 13.2 Å². The average Bonchev–Trinajstić information content (AvgIpc) is 2.97. The Labute approximate surface area is 235 Å². The molecule has 2 heterocycles. The predicted molar refractivity (Wildman–Crippen MR) is 146 cm³/mol. The van der Waals surface area contributed by atoms with E-state index in [-0.39, 0.29) is 24.0 Å². The molecule has 3 aromatic rings. The molecule has 4 rings (SSSR count). The van der Waals surface area contributed by atoms with Gasteiger partial charge in [-0.25, -0.2) is 14.8 Å². The molecular formula is C29H30F3N5O4. The van der Waals surface area contributed by atoms with Gasteiger partial charge in [0.05, 0.1) is 30.3 Å². The number of halogens is 3. The Bertz CT molecular complexity index is 1370. The van der Waals surface area contributed by atoms with Gasteiger partial charge in [-0.05, 0) is 56.0 Å². The molecule has 2 aromatic carbocycles. The lowest BCUT2D eigenvalue weighted by Crippen LogP contribution is -2.46. The number of rotatable bonds is 8. The summed E-state index contributed by atoms with van der Waals surface area (Å²) in [7, 11) is 0. The maximum absolute atomic E-state index is 13.1. The fourth-order valence-electron chi connectivity index (χ4n) is 4.52. The molecule has 12 heteroatoms. The van der Waals surface area contributed by atoms with Crippen LogP contribution in [-0.4, -0.2) is 53.5 Å². The highest BCUT2D eigenvalue weighted by molar-refractivity contribution is 6.08. The van der Waals surface area contributed by atoms with Crippen LogP contribution in [0.3, 0.4) is 0 Å². The first-order valence-electron chi connectivity index (χ1n) is 13.2. The number of carbonyl (C=O) groups is 3. The summed E-state index contributed by atoms with van der Waals surface area (Å²) in [6.45, 7) is 4.62. The van der Waals surface area contributed by atoms with Crippen molar-refractivity contribution in [3.63, 3.8) is 0 Å². The second-order valence-electron chi connectivity index (χ2n) is 9.59. The van der Waals surface area contributed by atoms with Crippen LogP contribution < -0.4 is 15.5 Å². The third-order valence-corrected chi connectivity index (χ3v) is 6.74. The molecule has 2 N–H and O–H groups in total. The molecular weight excluding hydrogens is 539 g/mol. The molecule has 2 amide bonds. The van der Waals surface area contributed by atoms with Gasteiger partial charge < -0.3 is 20.3 Å². The van der Waals surface area contributed by atoms with Crippen LogP contribution in [0, 0.1) is 5.92 Å². The zero-order chi connectivity index (χ0) is 29.6. The van der Waals surface area contributed by atoms with E-state index >= 15 is 0 Å². The van der Waals surface area contributed by atoms with Gasteiger partial charge in [0.25, 0.3) is 5.91 Å². The van der Waals surface area contributed by atoms with E-state index in [1.54, 1.807) is 38.1 Å². The molecule has 0 bridgehead atoms. The lowest BCUT2D eigenvalue weighted by atomic mass is 9.96. The first-order chi connectivity index (χ1) is 19.6. The minimum atomic E-state index is -4.45. The molecule has 9 nitrogen and oxygen atoms in total. The standard InChI is InChI=1S/C29H30F3N5O4/c1-3-41-27(40)18(2)35-25(38)20-12-14-37(15-13-20)28-33-16-22(17-34-28)36-26(39)24-7-5-4-6-23(24)19-8-10-21(11-9-19)29(30,31)32/h4-11,16-18,20H,3,12-15H2,1-2H3,(H,35,38)(H,36,39)/t18-/m1/s1. The molecule has 0 saturated carbocycles. The number of nitrogens with zero attached hydrogens (tertiary/aromatic N) is 3. The van der Waals surface area contributed by atoms with Crippen LogP contribution in [0.5, 0.6) is 0 Å². The Morgan fingerprint density at radius 2 is 1.66 bits per heavy atom. The van der Waals surface area contributed by atoms with Crippen molar-refractivity contribution in [2.45, 2.75) is 38.9 Å². The number of anilines is 2. The number of piperidine rings is 1. The van der Waals surface area contributed by atoms with Crippen LogP contribution in [0.2, 0.25) is 0 Å². The highest BCUT2D eigenvalue weighted by Crippen LogP contribution is 2.32. The van der Waals surface area contributed by atoms with Gasteiger partial charge >= 0.3 is 12.1 Å². The number of hydrogen-bond donors (Lipinski definition) is 2. The number of hydrogen-bond acceptors (Lipinski definition) is 7. The van der Waals surface area contributed by atoms with Crippen molar-refractivity contribution in [2.75, 3.05) is 29.9 Å². The number of alkyl halides is 3. The second-order valence-corrected chi connectivity index (χ2v) is 9.59. The molecule has 0 spiro atoms. The van der Waals surface area contributed by atoms with Crippen LogP contribution >= 0.6 is 0 Å². The Morgan fingerprint density at radius 3 is 2.27 bits per heavy atom. The maximum Gasteiger partial charge on any atom is 0.416 e. The lowest BCUT2D eigenvalue weighted by molar-refractivity contribution is -0.147. The van der Waals surface area contributed by atoms with Gasteiger partial charge in [-0.1, -0.05) is 30.3 Å². The fraction of sp³-hybridized carbons (Fsp3) is 0.345. The van der Waals surface area contributed by atoms with Gasteiger partial charge in [0.15, 0.2) is 0 Å². The van der Waals surface area contributed by atoms with E-state index < -0.39 is 29.7 Å². The van der Waals surface area contributed by atoms with Gasteiger partial charge in [-0.15, -0.1) is 0 Å². The van der Waals surface area contributed by atoms with Gasteiger partial charge in [-0.3, -0.25) is 9.59 Å². The fourth-order valence-corrected chi connectivity index (χ4v) is 4.52. The molecule has 0 unspecified atom stereocenters. The monoisotopic (exact) mass is 569 g/mol. The number of nitrogens with one attached hydrogen (secondary N) is 2. The van der Waals surface area contributed by atoms with Crippen LogP contribution in [0.4, 0.5) is 24.8 Å². The lowest BCUT2D eigenvalue weighted by Gasteiger charge is -2.31. The summed E-state index contributed by atoms with van der Waals surface area (Å²) in [4.78, 5) is 48.0. The first kappa shape index (κ1) is 29.5. The molecule has 0 radical (unpaired) electrons. The largest absolute Gasteiger partial charge is 0.464 e. The van der Waals surface area contributed by atoms with Crippen molar-refractivity contribution in [3.05, 3.63) is 72.1 Å². The van der Waals surface area contributed by atoms with Crippen LogP contribution in [0.25, 0.3) is 11.1 Å². The van der Waals surface area contributed by atoms with Gasteiger partial charge in [0, 0.05) is 24.6 Å². The molecule has 1 aliphatic heterocycles. The Morgan fingerprint density at radius 1 is 1.02 bits per heavy atom. The molecule has 216 valence electrons. The molecule has 1 saturated heterocycles. The topological polar surface area (TPSA) is 114 Å². The van der Waals surface area contributed by atoms with Crippen molar-refractivity contribution in [2.24, 2.45) is 5.92 Å². The van der Waals surface area contributed by atoms with E-state index in [4.69, 9.17) is 4.74 Å². The summed E-state index contributed by atoms with van der Waals surface area (Å²) in [5, 5.41) is 5.44. The minimum absolute atomic E-state index is 0.194. The Kier molecular flexibility index (Phi) is 9.21. The van der Waals surface area contributed by atoms with Crippen molar-refractivity contribution >= 4 is 29.4 Å². The molecule has 1 fully saturated rings. The SMILES string of the molecule is CCOC(=O)[C@@H](C)NC(=O)C1CCN(c2ncc(NC(=O)c3ccccc3-c3ccc(C(F)(F)F)cc3)cn2)CC1. The highest BCUT2D eigenvalue weighted by Gasteiger charge is 2.30. The van der Waals surface area contributed by atoms with Crippen LogP contribution in [-0.2, 0) is 20.5 Å². The smallest absolute Gasteiger partial charge is 0.416 e. The zero-order valence-electron chi connectivity index (χ0n) is 22.6. The number of aromatic nitrogens is 2. The summed E-state index contributed by atoms with van der Waals surface area (Å²) in [5.41, 5.74) is 0.830. The summed E-state index contributed by atoms with van der Waals surface area (Å²) in [6.07, 6.45) is -0.383. The third kappa shape index (κ3) is 7.38. The van der Waals surface area contributed by atoms with E-state index in [0.717, 1.165) is 12.1 Å². The van der Waals surface area contributed by atoms with E-state index in [2.05, 4.69) is 20.6 Å². The van der Waals surface area contributed by atoms with Gasteiger partial charge in [0.2, 0.25) is 11.9 Å². The Balaban J connectivity index is 1.35. The van der Waals surface area contributed by atoms with Crippen molar-refractivity contribution in [1.82, 2.24) is 15.3 Å². The summed E-state index contributed by atoms with van der Waals surface area (Å²) in [6, 6.07) is 10.5.